The second-order valence-corrected chi connectivity index (χ2v) is 5.28. The molecule has 1 fully saturated rings. The molecule has 0 unspecified atom stereocenters. The molecular weight excluding hydrogens is 206 g/mol. The predicted molar refractivity (Wildman–Crippen MR) is 65.5 cm³/mol. The lowest BCUT2D eigenvalue weighted by Gasteiger charge is -2.34. The quantitative estimate of drug-likeness (QED) is 0.856. The summed E-state index contributed by atoms with van der Waals surface area (Å²) in [7, 11) is 0. The summed E-state index contributed by atoms with van der Waals surface area (Å²) < 4.78 is 0. The monoisotopic (exact) mass is 225 g/mol. The average molecular weight is 225 g/mol. The summed E-state index contributed by atoms with van der Waals surface area (Å²) in [6.45, 7) is 6.96. The number of anilines is 1. The van der Waals surface area contributed by atoms with Gasteiger partial charge in [-0.05, 0) is 26.7 Å². The lowest BCUT2D eigenvalue weighted by atomic mass is 10.0. The minimum Gasteiger partial charge on any atom is -0.359 e. The number of nitrogens with zero attached hydrogens (tertiary/aromatic N) is 2. The average Bonchev–Trinajstić information content (AvgIpc) is 2.71. The van der Waals surface area contributed by atoms with Gasteiger partial charge in [0.05, 0.1) is 0 Å². The highest BCUT2D eigenvalue weighted by molar-refractivity contribution is 7.13. The van der Waals surface area contributed by atoms with Crippen LogP contribution in [0.3, 0.4) is 0 Å². The molecule has 15 heavy (non-hydrogen) atoms. The van der Waals surface area contributed by atoms with Crippen molar-refractivity contribution >= 4 is 16.5 Å². The van der Waals surface area contributed by atoms with Crippen molar-refractivity contribution in [2.45, 2.75) is 38.8 Å². The summed E-state index contributed by atoms with van der Waals surface area (Å²) in [4.78, 5) is 6.80. The summed E-state index contributed by atoms with van der Waals surface area (Å²) in [6, 6.07) is 1.30. The van der Waals surface area contributed by atoms with Crippen LogP contribution >= 0.6 is 11.3 Å². The molecule has 1 aromatic rings. The molecule has 0 saturated carbocycles. The van der Waals surface area contributed by atoms with E-state index in [0.29, 0.717) is 12.1 Å². The fraction of sp³-hybridized carbons (Fsp3) is 0.727. The Kier molecular flexibility index (Phi) is 3.59. The van der Waals surface area contributed by atoms with E-state index in [1.165, 1.54) is 25.9 Å². The molecule has 0 bridgehead atoms. The zero-order valence-electron chi connectivity index (χ0n) is 9.44. The molecule has 0 amide bonds. The molecule has 1 aromatic heterocycles. The molecule has 2 rings (SSSR count). The maximum Gasteiger partial charge on any atom is 0.182 e. The van der Waals surface area contributed by atoms with E-state index in [4.69, 9.17) is 0 Å². The maximum atomic E-state index is 4.26. The molecule has 0 aliphatic carbocycles. The van der Waals surface area contributed by atoms with Gasteiger partial charge in [0.15, 0.2) is 5.13 Å². The fourth-order valence-electron chi connectivity index (χ4n) is 2.03. The first kappa shape index (κ1) is 10.9. The smallest absolute Gasteiger partial charge is 0.182 e. The van der Waals surface area contributed by atoms with Crippen molar-refractivity contribution in [1.29, 1.82) is 0 Å². The summed E-state index contributed by atoms with van der Waals surface area (Å²) in [5, 5.41) is 6.59. The molecule has 1 N–H and O–H groups in total. The molecule has 2 heterocycles. The van der Waals surface area contributed by atoms with Crippen LogP contribution in [0.2, 0.25) is 0 Å². The zero-order valence-corrected chi connectivity index (χ0v) is 10.3. The lowest BCUT2D eigenvalue weighted by Crippen LogP contribution is -2.42. The van der Waals surface area contributed by atoms with E-state index in [2.05, 4.69) is 29.0 Å². The fourth-order valence-corrected chi connectivity index (χ4v) is 2.64. The number of aromatic nitrogens is 1. The van der Waals surface area contributed by atoms with Crippen LogP contribution in [-0.4, -0.2) is 35.1 Å². The van der Waals surface area contributed by atoms with Gasteiger partial charge in [-0.3, -0.25) is 0 Å². The second-order valence-electron chi connectivity index (χ2n) is 4.39. The van der Waals surface area contributed by atoms with E-state index in [9.17, 15) is 0 Å². The Morgan fingerprint density at radius 1 is 1.47 bits per heavy atom. The van der Waals surface area contributed by atoms with Crippen molar-refractivity contribution in [3.63, 3.8) is 0 Å². The molecule has 1 aliphatic heterocycles. The highest BCUT2D eigenvalue weighted by atomic mass is 32.1. The first-order valence-electron chi connectivity index (χ1n) is 5.66. The van der Waals surface area contributed by atoms with Crippen molar-refractivity contribution in [2.24, 2.45) is 0 Å². The Morgan fingerprint density at radius 3 is 2.73 bits per heavy atom. The van der Waals surface area contributed by atoms with E-state index in [1.807, 2.05) is 11.6 Å². The topological polar surface area (TPSA) is 28.2 Å². The molecule has 0 aromatic carbocycles. The Bertz CT molecular complexity index is 276. The Hall–Kier alpha value is -0.610. The molecular formula is C11H19N3S. The molecule has 3 nitrogen and oxygen atoms in total. The third kappa shape index (κ3) is 2.92. The van der Waals surface area contributed by atoms with E-state index < -0.39 is 0 Å². The van der Waals surface area contributed by atoms with Crippen LogP contribution in [0.25, 0.3) is 0 Å². The van der Waals surface area contributed by atoms with Gasteiger partial charge in [-0.15, -0.1) is 11.3 Å². The molecule has 1 saturated heterocycles. The number of hydrogen-bond acceptors (Lipinski definition) is 4. The standard InChI is InChI=1S/C11H19N3S/c1-9(2)14-6-3-10(4-7-14)13-11-12-5-8-15-11/h5,8-10H,3-4,6-7H2,1-2H3,(H,12,13). The maximum absolute atomic E-state index is 4.26. The number of thiazole rings is 1. The molecule has 84 valence electrons. The molecule has 1 aliphatic rings. The van der Waals surface area contributed by atoms with Gasteiger partial charge >= 0.3 is 0 Å². The third-order valence-corrected chi connectivity index (χ3v) is 3.72. The first-order valence-corrected chi connectivity index (χ1v) is 6.54. The van der Waals surface area contributed by atoms with Crippen molar-refractivity contribution in [1.82, 2.24) is 9.88 Å². The highest BCUT2D eigenvalue weighted by Crippen LogP contribution is 2.19. The Balaban J connectivity index is 1.79. The Morgan fingerprint density at radius 2 is 2.20 bits per heavy atom. The number of rotatable bonds is 3. The summed E-state index contributed by atoms with van der Waals surface area (Å²) in [5.74, 6) is 0. The van der Waals surface area contributed by atoms with Gasteiger partial charge in [0.2, 0.25) is 0 Å². The van der Waals surface area contributed by atoms with Crippen molar-refractivity contribution in [3.8, 4) is 0 Å². The van der Waals surface area contributed by atoms with Crippen LogP contribution in [0.1, 0.15) is 26.7 Å². The number of nitrogens with one attached hydrogen (secondary N) is 1. The number of piperidine rings is 1. The molecule has 0 spiro atoms. The van der Waals surface area contributed by atoms with E-state index in [1.54, 1.807) is 11.3 Å². The minimum atomic E-state index is 0.617. The van der Waals surface area contributed by atoms with Gasteiger partial charge in [-0.25, -0.2) is 4.98 Å². The van der Waals surface area contributed by atoms with Crippen LogP contribution in [-0.2, 0) is 0 Å². The van der Waals surface area contributed by atoms with E-state index >= 15 is 0 Å². The Labute approximate surface area is 95.5 Å². The lowest BCUT2D eigenvalue weighted by molar-refractivity contribution is 0.177. The van der Waals surface area contributed by atoms with Gasteiger partial charge in [-0.1, -0.05) is 0 Å². The van der Waals surface area contributed by atoms with Gasteiger partial charge in [0.25, 0.3) is 0 Å². The van der Waals surface area contributed by atoms with Gasteiger partial charge in [0, 0.05) is 36.8 Å². The van der Waals surface area contributed by atoms with Gasteiger partial charge < -0.3 is 10.2 Å². The summed E-state index contributed by atoms with van der Waals surface area (Å²) in [6.07, 6.45) is 4.33. The van der Waals surface area contributed by atoms with E-state index in [0.717, 1.165) is 5.13 Å². The van der Waals surface area contributed by atoms with Crippen molar-refractivity contribution < 1.29 is 0 Å². The molecule has 0 radical (unpaired) electrons. The third-order valence-electron chi connectivity index (χ3n) is 3.02. The molecule has 4 heteroatoms. The normalized spacial score (nSPS) is 19.7. The number of likely N-dealkylation sites (tertiary alicyclic amines) is 1. The van der Waals surface area contributed by atoms with Crippen LogP contribution < -0.4 is 5.32 Å². The number of hydrogen-bond donors (Lipinski definition) is 1. The van der Waals surface area contributed by atoms with Gasteiger partial charge in [-0.2, -0.15) is 0 Å². The van der Waals surface area contributed by atoms with Crippen LogP contribution in [0.5, 0.6) is 0 Å². The van der Waals surface area contributed by atoms with Crippen LogP contribution in [0, 0.1) is 0 Å². The van der Waals surface area contributed by atoms with Crippen molar-refractivity contribution in [3.05, 3.63) is 11.6 Å². The summed E-state index contributed by atoms with van der Waals surface area (Å²) in [5.41, 5.74) is 0. The summed E-state index contributed by atoms with van der Waals surface area (Å²) >= 11 is 1.69. The largest absolute Gasteiger partial charge is 0.359 e. The zero-order chi connectivity index (χ0) is 10.7. The SMILES string of the molecule is CC(C)N1CCC(Nc2nccs2)CC1. The van der Waals surface area contributed by atoms with Gasteiger partial charge in [0.1, 0.15) is 0 Å². The second kappa shape index (κ2) is 4.94. The van der Waals surface area contributed by atoms with Crippen LogP contribution in [0.15, 0.2) is 11.6 Å². The van der Waals surface area contributed by atoms with Crippen molar-refractivity contribution in [2.75, 3.05) is 18.4 Å². The predicted octanol–water partition coefficient (Wildman–Crippen LogP) is 2.43. The highest BCUT2D eigenvalue weighted by Gasteiger charge is 2.20. The van der Waals surface area contributed by atoms with Crippen LogP contribution in [0.4, 0.5) is 5.13 Å². The first-order chi connectivity index (χ1) is 7.25. The van der Waals surface area contributed by atoms with E-state index in [-0.39, 0.29) is 0 Å². The molecule has 0 atom stereocenters. The minimum absolute atomic E-state index is 0.617.